The highest BCUT2D eigenvalue weighted by molar-refractivity contribution is 7.14. The summed E-state index contributed by atoms with van der Waals surface area (Å²) in [7, 11) is 0. The van der Waals surface area contributed by atoms with E-state index in [1.807, 2.05) is 0 Å². The van der Waals surface area contributed by atoms with E-state index in [0.29, 0.717) is 23.0 Å². The van der Waals surface area contributed by atoms with Crippen molar-refractivity contribution in [1.82, 2.24) is 0 Å². The molecule has 1 aromatic rings. The summed E-state index contributed by atoms with van der Waals surface area (Å²) in [5.74, 6) is 0.289. The fraction of sp³-hybridized carbons (Fsp3) is 0.538. The van der Waals surface area contributed by atoms with Crippen LogP contribution in [0, 0.1) is 5.92 Å². The predicted molar refractivity (Wildman–Crippen MR) is 66.9 cm³/mol. The molecular weight excluding hydrogens is 236 g/mol. The summed E-state index contributed by atoms with van der Waals surface area (Å²) in [4.78, 5) is 24.6. The van der Waals surface area contributed by atoms with Gasteiger partial charge in [0.25, 0.3) is 0 Å². The van der Waals surface area contributed by atoms with E-state index in [1.165, 1.54) is 16.2 Å². The van der Waals surface area contributed by atoms with Gasteiger partial charge in [-0.15, -0.1) is 11.3 Å². The molecule has 92 valence electrons. The van der Waals surface area contributed by atoms with Crippen molar-refractivity contribution in [3.63, 3.8) is 0 Å². The number of esters is 1. The molecule has 1 aliphatic rings. The van der Waals surface area contributed by atoms with Crippen LogP contribution in [0.25, 0.3) is 0 Å². The van der Waals surface area contributed by atoms with Crippen LogP contribution in [0.15, 0.2) is 0 Å². The van der Waals surface area contributed by atoms with Crippen molar-refractivity contribution in [3.05, 3.63) is 20.9 Å². The van der Waals surface area contributed by atoms with Crippen LogP contribution in [0.4, 0.5) is 0 Å². The van der Waals surface area contributed by atoms with Gasteiger partial charge in [0.2, 0.25) is 0 Å². The fourth-order valence-corrected chi connectivity index (χ4v) is 3.60. The highest BCUT2D eigenvalue weighted by Crippen LogP contribution is 2.36. The van der Waals surface area contributed by atoms with Gasteiger partial charge in [0.1, 0.15) is 0 Å². The molecule has 1 atom stereocenters. The number of rotatable bonds is 3. The number of carbonyl (C=O) groups is 2. The largest absolute Gasteiger partial charge is 0.462 e. The number of ether oxygens (including phenoxy) is 1. The maximum absolute atomic E-state index is 11.9. The van der Waals surface area contributed by atoms with Gasteiger partial charge in [0.05, 0.1) is 17.0 Å². The van der Waals surface area contributed by atoms with Gasteiger partial charge in [-0.2, -0.15) is 0 Å². The number of fused-ring (bicyclic) bond motifs is 1. The molecule has 0 spiro atoms. The zero-order valence-electron chi connectivity index (χ0n) is 10.1. The van der Waals surface area contributed by atoms with Crippen molar-refractivity contribution >= 4 is 23.6 Å². The Labute approximate surface area is 105 Å². The third-order valence-electron chi connectivity index (χ3n) is 3.13. The molecule has 3 nitrogen and oxygen atoms in total. The Morgan fingerprint density at radius 1 is 1.59 bits per heavy atom. The molecule has 17 heavy (non-hydrogen) atoms. The molecule has 0 N–H and O–H groups in total. The number of hydrogen-bond donors (Lipinski definition) is 0. The molecule has 0 bridgehead atoms. The third-order valence-corrected chi connectivity index (χ3v) is 4.31. The van der Waals surface area contributed by atoms with Crippen LogP contribution in [0.5, 0.6) is 0 Å². The monoisotopic (exact) mass is 252 g/mol. The van der Waals surface area contributed by atoms with Crippen LogP contribution >= 0.6 is 11.3 Å². The van der Waals surface area contributed by atoms with Crippen LogP contribution in [-0.2, 0) is 17.6 Å². The van der Waals surface area contributed by atoms with Gasteiger partial charge in [0, 0.05) is 4.88 Å². The minimum Gasteiger partial charge on any atom is -0.462 e. The Balaban J connectivity index is 2.43. The molecule has 0 aliphatic heterocycles. The number of hydrogen-bond acceptors (Lipinski definition) is 4. The van der Waals surface area contributed by atoms with Crippen molar-refractivity contribution < 1.29 is 14.3 Å². The summed E-state index contributed by atoms with van der Waals surface area (Å²) >= 11 is 1.45. The first-order valence-corrected chi connectivity index (χ1v) is 6.75. The highest BCUT2D eigenvalue weighted by Gasteiger charge is 2.27. The van der Waals surface area contributed by atoms with Gasteiger partial charge in [-0.3, -0.25) is 4.79 Å². The molecule has 0 amide bonds. The second-order valence-electron chi connectivity index (χ2n) is 4.43. The smallest absolute Gasteiger partial charge is 0.340 e. The van der Waals surface area contributed by atoms with E-state index in [1.54, 1.807) is 6.92 Å². The quantitative estimate of drug-likeness (QED) is 0.613. The van der Waals surface area contributed by atoms with Gasteiger partial charge >= 0.3 is 5.97 Å². The highest BCUT2D eigenvalue weighted by atomic mass is 32.1. The van der Waals surface area contributed by atoms with E-state index in [2.05, 4.69) is 6.92 Å². The minimum absolute atomic E-state index is 0.345. The summed E-state index contributed by atoms with van der Waals surface area (Å²) in [5, 5.41) is 0. The van der Waals surface area contributed by atoms with Gasteiger partial charge in [-0.05, 0) is 37.7 Å². The topological polar surface area (TPSA) is 43.4 Å². The first kappa shape index (κ1) is 12.3. The first-order chi connectivity index (χ1) is 8.17. The summed E-state index contributed by atoms with van der Waals surface area (Å²) in [6.07, 6.45) is 3.71. The van der Waals surface area contributed by atoms with Gasteiger partial charge in [0.15, 0.2) is 6.29 Å². The van der Waals surface area contributed by atoms with Crippen LogP contribution in [0.3, 0.4) is 0 Å². The molecule has 1 heterocycles. The average molecular weight is 252 g/mol. The predicted octanol–water partition coefficient (Wildman–Crippen LogP) is 2.86. The SMILES string of the molecule is CCOC(=O)c1c(C=O)sc2c1CCC(C)C2. The molecule has 0 fully saturated rings. The van der Waals surface area contributed by atoms with Gasteiger partial charge in [-0.1, -0.05) is 6.92 Å². The summed E-state index contributed by atoms with van der Waals surface area (Å²) < 4.78 is 5.03. The van der Waals surface area contributed by atoms with E-state index in [9.17, 15) is 9.59 Å². The molecule has 1 aliphatic carbocycles. The van der Waals surface area contributed by atoms with Crippen LogP contribution < -0.4 is 0 Å². The lowest BCUT2D eigenvalue weighted by atomic mass is 9.88. The maximum Gasteiger partial charge on any atom is 0.340 e. The summed E-state index contributed by atoms with van der Waals surface area (Å²) in [5.41, 5.74) is 1.57. The summed E-state index contributed by atoms with van der Waals surface area (Å²) in [6.45, 7) is 4.32. The zero-order chi connectivity index (χ0) is 12.4. The fourth-order valence-electron chi connectivity index (χ4n) is 2.28. The maximum atomic E-state index is 11.9. The Kier molecular flexibility index (Phi) is 3.62. The Bertz CT molecular complexity index is 448. The lowest BCUT2D eigenvalue weighted by Gasteiger charge is -2.18. The third kappa shape index (κ3) is 2.27. The van der Waals surface area contributed by atoms with E-state index in [-0.39, 0.29) is 5.97 Å². The minimum atomic E-state index is -0.346. The molecule has 2 rings (SSSR count). The molecule has 0 saturated heterocycles. The molecule has 4 heteroatoms. The average Bonchev–Trinajstić information content (AvgIpc) is 2.66. The van der Waals surface area contributed by atoms with Crippen molar-refractivity contribution in [2.24, 2.45) is 5.92 Å². The second-order valence-corrected chi connectivity index (χ2v) is 5.57. The van der Waals surface area contributed by atoms with Crippen molar-refractivity contribution in [3.8, 4) is 0 Å². The molecule has 0 aromatic carbocycles. The lowest BCUT2D eigenvalue weighted by Crippen LogP contribution is -2.14. The van der Waals surface area contributed by atoms with Crippen molar-refractivity contribution in [2.75, 3.05) is 6.61 Å². The molecule has 0 radical (unpaired) electrons. The first-order valence-electron chi connectivity index (χ1n) is 5.94. The van der Waals surface area contributed by atoms with Crippen LogP contribution in [-0.4, -0.2) is 18.9 Å². The standard InChI is InChI=1S/C13H16O3S/c1-3-16-13(15)12-9-5-4-8(2)6-10(9)17-11(12)7-14/h7-8H,3-6H2,1-2H3. The van der Waals surface area contributed by atoms with Crippen LogP contribution in [0.2, 0.25) is 0 Å². The Hall–Kier alpha value is -1.16. The number of thiophene rings is 1. The molecule has 1 unspecified atom stereocenters. The Morgan fingerprint density at radius 2 is 2.35 bits per heavy atom. The van der Waals surface area contributed by atoms with E-state index in [4.69, 9.17) is 4.74 Å². The molecule has 1 aromatic heterocycles. The summed E-state index contributed by atoms with van der Waals surface area (Å²) in [6, 6.07) is 0. The van der Waals surface area contributed by atoms with Crippen molar-refractivity contribution in [1.29, 1.82) is 0 Å². The van der Waals surface area contributed by atoms with Gasteiger partial charge in [-0.25, -0.2) is 4.79 Å². The molecule has 0 saturated carbocycles. The van der Waals surface area contributed by atoms with Gasteiger partial charge < -0.3 is 4.74 Å². The Morgan fingerprint density at radius 3 is 3.00 bits per heavy atom. The van der Waals surface area contributed by atoms with E-state index < -0.39 is 0 Å². The number of aldehydes is 1. The second kappa shape index (κ2) is 5.00. The van der Waals surface area contributed by atoms with E-state index in [0.717, 1.165) is 31.1 Å². The van der Waals surface area contributed by atoms with Crippen molar-refractivity contribution in [2.45, 2.75) is 33.1 Å². The lowest BCUT2D eigenvalue weighted by molar-refractivity contribution is 0.0523. The number of carbonyl (C=O) groups excluding carboxylic acids is 2. The molecular formula is C13H16O3S. The van der Waals surface area contributed by atoms with E-state index >= 15 is 0 Å². The zero-order valence-corrected chi connectivity index (χ0v) is 10.9. The van der Waals surface area contributed by atoms with Crippen LogP contribution in [0.1, 0.15) is 50.7 Å². The normalized spacial score (nSPS) is 18.6.